The van der Waals surface area contributed by atoms with Crippen molar-refractivity contribution in [1.29, 1.82) is 0 Å². The minimum Gasteiger partial charge on any atom is -0.507 e. The van der Waals surface area contributed by atoms with Crippen LogP contribution in [0.3, 0.4) is 0 Å². The summed E-state index contributed by atoms with van der Waals surface area (Å²) in [5, 5.41) is 20.2. The number of amides is 1. The molecule has 0 heterocycles. The van der Waals surface area contributed by atoms with E-state index >= 15 is 0 Å². The number of carbonyl (C=O) groups is 1. The number of nitrogens with two attached hydrogens (primary N) is 1. The van der Waals surface area contributed by atoms with E-state index in [1.54, 1.807) is 0 Å². The number of fused-ring (bicyclic) bond motifs is 1. The second-order valence-electron chi connectivity index (χ2n) is 6.78. The van der Waals surface area contributed by atoms with Crippen molar-refractivity contribution in [3.63, 3.8) is 0 Å². The predicted molar refractivity (Wildman–Crippen MR) is 124 cm³/mol. The molecule has 13 nitrogen and oxygen atoms in total. The summed E-state index contributed by atoms with van der Waals surface area (Å²) in [7, 11) is -9.70. The van der Waals surface area contributed by atoms with Crippen LogP contribution in [0.2, 0.25) is 0 Å². The molecule has 0 aromatic heterocycles. The van der Waals surface area contributed by atoms with Crippen molar-refractivity contribution >= 4 is 72.6 Å². The van der Waals surface area contributed by atoms with Crippen LogP contribution >= 0.6 is 12.9 Å². The number of nitrogen functional groups attached to an aromatic ring is 1. The van der Waals surface area contributed by atoms with Gasteiger partial charge in [0.25, 0.3) is 20.2 Å². The molecule has 0 unspecified atom stereocenters. The normalized spacial score (nSPS) is 12.2. The topological polar surface area (TPSA) is 218 Å². The maximum absolute atomic E-state index is 11.8. The Bertz CT molecular complexity index is 1570. The number of nitrogens with zero attached hydrogens (tertiary/aromatic N) is 2. The monoisotopic (exact) mass is 528 g/mol. The largest absolute Gasteiger partial charge is 0.507 e. The molecule has 0 atom stereocenters. The van der Waals surface area contributed by atoms with Gasteiger partial charge < -0.3 is 20.3 Å². The fourth-order valence-electron chi connectivity index (χ4n) is 3.02. The molecule has 180 valence electrons. The number of azo groups is 1. The first kappa shape index (κ1) is 25.2. The van der Waals surface area contributed by atoms with Gasteiger partial charge in [-0.05, 0) is 35.7 Å². The lowest BCUT2D eigenvalue weighted by Crippen LogP contribution is -2.07. The molecule has 0 bridgehead atoms. The molecule has 3 aromatic rings. The van der Waals surface area contributed by atoms with Gasteiger partial charge in [0, 0.05) is 31.6 Å². The number of carbonyl (C=O) groups excluding carboxylic acids is 1. The van der Waals surface area contributed by atoms with Gasteiger partial charge in [0.05, 0.1) is 11.1 Å². The molecular weight excluding hydrogens is 512 g/mol. The van der Waals surface area contributed by atoms with E-state index in [2.05, 4.69) is 28.5 Å². The highest BCUT2D eigenvalue weighted by Crippen LogP contribution is 2.44. The van der Waals surface area contributed by atoms with E-state index in [4.69, 9.17) is 9.92 Å². The lowest BCUT2D eigenvalue weighted by Gasteiger charge is -2.12. The Morgan fingerprint density at radius 2 is 1.68 bits per heavy atom. The summed E-state index contributed by atoms with van der Waals surface area (Å²) in [6, 6.07) is 6.65. The van der Waals surface area contributed by atoms with Crippen LogP contribution < -0.4 is 15.2 Å². The molecule has 0 saturated heterocycles. The lowest BCUT2D eigenvalue weighted by atomic mass is 10.1. The van der Waals surface area contributed by atoms with Gasteiger partial charge in [-0.1, -0.05) is 0 Å². The average molecular weight is 529 g/mol. The molecule has 0 fully saturated rings. The minimum atomic E-state index is -4.86. The zero-order chi connectivity index (χ0) is 25.4. The highest BCUT2D eigenvalue weighted by molar-refractivity contribution is 7.86. The van der Waals surface area contributed by atoms with Crippen molar-refractivity contribution in [3.05, 3.63) is 36.4 Å². The van der Waals surface area contributed by atoms with Crippen LogP contribution in [0.1, 0.15) is 6.92 Å². The van der Waals surface area contributed by atoms with Crippen LogP contribution in [0, 0.1) is 0 Å². The third kappa shape index (κ3) is 5.20. The van der Waals surface area contributed by atoms with Gasteiger partial charge in [0.2, 0.25) is 5.91 Å². The number of nitrogens with one attached hydrogen (secondary N) is 1. The SMILES string of the molecule is CC(=O)Nc1ccc(N=Nc2c(N)c(S(=O)(=O)O)cc3cc(OS)cc(O)c23)c(S(=O)(=O)O)c1. The molecule has 3 aromatic carbocycles. The zero-order valence-electron chi connectivity index (χ0n) is 17.0. The Morgan fingerprint density at radius 1 is 1.03 bits per heavy atom. The smallest absolute Gasteiger partial charge is 0.296 e. The van der Waals surface area contributed by atoms with Gasteiger partial charge in [-0.15, -0.1) is 10.2 Å². The molecule has 1 amide bonds. The third-order valence-electron chi connectivity index (χ3n) is 4.36. The molecule has 0 radical (unpaired) electrons. The van der Waals surface area contributed by atoms with Crippen molar-refractivity contribution in [3.8, 4) is 11.5 Å². The Hall–Kier alpha value is -3.44. The fraction of sp³-hybridized carbons (Fsp3) is 0.0556. The maximum Gasteiger partial charge on any atom is 0.296 e. The Labute approximate surface area is 198 Å². The summed E-state index contributed by atoms with van der Waals surface area (Å²) >= 11 is 3.62. The van der Waals surface area contributed by atoms with Crippen LogP contribution in [-0.4, -0.2) is 37.0 Å². The van der Waals surface area contributed by atoms with Crippen molar-refractivity contribution in [1.82, 2.24) is 0 Å². The number of hydrogen-bond acceptors (Lipinski definition) is 11. The van der Waals surface area contributed by atoms with Crippen molar-refractivity contribution in [2.75, 3.05) is 11.1 Å². The molecule has 6 N–H and O–H groups in total. The summed E-state index contributed by atoms with van der Waals surface area (Å²) in [6.45, 7) is 1.19. The molecular formula is C18H16N4O9S3. The first-order valence-electron chi connectivity index (χ1n) is 8.91. The second-order valence-corrected chi connectivity index (χ2v) is 9.75. The predicted octanol–water partition coefficient (Wildman–Crippen LogP) is 3.22. The zero-order valence-corrected chi connectivity index (χ0v) is 19.5. The van der Waals surface area contributed by atoms with Crippen molar-refractivity contribution < 1.29 is 40.0 Å². The first-order chi connectivity index (χ1) is 15.7. The van der Waals surface area contributed by atoms with Crippen molar-refractivity contribution in [2.45, 2.75) is 16.7 Å². The molecule has 0 aliphatic heterocycles. The molecule has 3 rings (SSSR count). The van der Waals surface area contributed by atoms with Gasteiger partial charge in [-0.25, -0.2) is 0 Å². The summed E-state index contributed by atoms with van der Waals surface area (Å²) in [5.74, 6) is -0.957. The standard InChI is InChI=1S/C18H16N4O9S3/c1-8(23)20-10-2-3-12(14(6-10)33(25,26)27)21-22-18-16-9(4-11(31-32)7-13(16)24)5-15(17(18)19)34(28,29)30/h2-7,24,32H,19H2,1H3,(H,20,23)(H,25,26,27)(H,28,29,30). The quantitative estimate of drug-likeness (QED) is 0.0901. The van der Waals surface area contributed by atoms with E-state index in [9.17, 15) is 35.8 Å². The summed E-state index contributed by atoms with van der Waals surface area (Å²) in [5.41, 5.74) is 4.48. The van der Waals surface area contributed by atoms with Gasteiger partial charge in [-0.3, -0.25) is 13.9 Å². The lowest BCUT2D eigenvalue weighted by molar-refractivity contribution is -0.114. The number of benzene rings is 3. The van der Waals surface area contributed by atoms with Crippen LogP contribution in [0.4, 0.5) is 22.7 Å². The minimum absolute atomic E-state index is 0.0100. The summed E-state index contributed by atoms with van der Waals surface area (Å²) in [6.07, 6.45) is 0. The number of phenolic OH excluding ortho intramolecular Hbond substituents is 1. The fourth-order valence-corrected chi connectivity index (χ4v) is 4.43. The Balaban J connectivity index is 2.31. The molecule has 0 aliphatic carbocycles. The Kier molecular flexibility index (Phi) is 6.72. The van der Waals surface area contributed by atoms with Crippen LogP contribution in [-0.2, 0) is 25.0 Å². The number of hydrogen-bond donors (Lipinski definition) is 6. The van der Waals surface area contributed by atoms with E-state index in [-0.39, 0.29) is 22.2 Å². The van der Waals surface area contributed by atoms with Gasteiger partial charge in [-0.2, -0.15) is 16.8 Å². The molecule has 16 heteroatoms. The highest BCUT2D eigenvalue weighted by Gasteiger charge is 2.23. The number of phenols is 1. The average Bonchev–Trinajstić information content (AvgIpc) is 2.71. The second kappa shape index (κ2) is 9.07. The van der Waals surface area contributed by atoms with E-state index in [1.165, 1.54) is 19.1 Å². The van der Waals surface area contributed by atoms with Gasteiger partial charge in [0.1, 0.15) is 32.7 Å². The van der Waals surface area contributed by atoms with Crippen molar-refractivity contribution in [2.24, 2.45) is 10.2 Å². The molecule has 0 spiro atoms. The molecule has 0 aliphatic rings. The van der Waals surface area contributed by atoms with Crippen LogP contribution in [0.15, 0.2) is 56.4 Å². The van der Waals surface area contributed by atoms with E-state index in [0.29, 0.717) is 0 Å². The number of aromatic hydroxyl groups is 1. The maximum atomic E-state index is 11.8. The summed E-state index contributed by atoms with van der Waals surface area (Å²) < 4.78 is 71.2. The number of anilines is 2. The number of thiol groups is 1. The van der Waals surface area contributed by atoms with Gasteiger partial charge in [0.15, 0.2) is 0 Å². The van der Waals surface area contributed by atoms with E-state index in [0.717, 1.165) is 24.3 Å². The van der Waals surface area contributed by atoms with E-state index < -0.39 is 58.7 Å². The van der Waals surface area contributed by atoms with Crippen LogP contribution in [0.25, 0.3) is 10.8 Å². The number of rotatable bonds is 6. The van der Waals surface area contributed by atoms with Crippen LogP contribution in [0.5, 0.6) is 11.5 Å². The van der Waals surface area contributed by atoms with E-state index in [1.807, 2.05) is 0 Å². The Morgan fingerprint density at radius 3 is 2.24 bits per heavy atom. The molecule has 0 saturated carbocycles. The highest BCUT2D eigenvalue weighted by atomic mass is 32.2. The first-order valence-corrected chi connectivity index (χ1v) is 12.2. The van der Waals surface area contributed by atoms with Gasteiger partial charge >= 0.3 is 0 Å². The summed E-state index contributed by atoms with van der Waals surface area (Å²) in [4.78, 5) is 9.74. The third-order valence-corrected chi connectivity index (χ3v) is 6.35. The molecule has 34 heavy (non-hydrogen) atoms.